The lowest BCUT2D eigenvalue weighted by atomic mass is 10.1. The summed E-state index contributed by atoms with van der Waals surface area (Å²) in [7, 11) is 0. The van der Waals surface area contributed by atoms with Gasteiger partial charge in [0.2, 0.25) is 0 Å². The minimum absolute atomic E-state index is 1.19. The fourth-order valence-electron chi connectivity index (χ4n) is 3.26. The van der Waals surface area contributed by atoms with Crippen LogP contribution in [0.3, 0.4) is 0 Å². The van der Waals surface area contributed by atoms with Crippen molar-refractivity contribution in [1.29, 1.82) is 0 Å². The van der Waals surface area contributed by atoms with E-state index >= 15 is 0 Å². The van der Waals surface area contributed by atoms with Crippen molar-refractivity contribution in [2.75, 3.05) is 0 Å². The van der Waals surface area contributed by atoms with Crippen LogP contribution in [0.4, 0.5) is 0 Å². The molecule has 0 fully saturated rings. The summed E-state index contributed by atoms with van der Waals surface area (Å²) < 4.78 is 4.89. The normalized spacial score (nSPS) is 11.7. The van der Waals surface area contributed by atoms with Crippen LogP contribution in [0.15, 0.2) is 77.3 Å². The molecule has 2 aromatic heterocycles. The van der Waals surface area contributed by atoms with Gasteiger partial charge < -0.3 is 0 Å². The number of hydrogen-bond donors (Lipinski definition) is 0. The quantitative estimate of drug-likeness (QED) is 0.304. The van der Waals surface area contributed by atoms with Gasteiger partial charge >= 0.3 is 0 Å². The predicted molar refractivity (Wildman–Crippen MR) is 103 cm³/mol. The second kappa shape index (κ2) is 4.95. The Bertz CT molecular complexity index is 1170. The number of fused-ring (bicyclic) bond motifs is 5. The Balaban J connectivity index is 1.97. The van der Waals surface area contributed by atoms with Crippen LogP contribution in [0, 0.1) is 0 Å². The second-order valence-corrected chi connectivity index (χ2v) is 7.39. The maximum absolute atomic E-state index is 3.80. The molecule has 23 heavy (non-hydrogen) atoms. The SMILES string of the molecule is Brc1c2ccccc2n2c1sc1c(-c3ccccc3)cccc12. The lowest BCUT2D eigenvalue weighted by molar-refractivity contribution is 1.37. The highest BCUT2D eigenvalue weighted by Crippen LogP contribution is 2.42. The molecule has 0 radical (unpaired) electrons. The predicted octanol–water partition coefficient (Wildman–Crippen LogP) is 6.74. The van der Waals surface area contributed by atoms with Gasteiger partial charge in [-0.15, -0.1) is 11.3 Å². The third-order valence-electron chi connectivity index (χ3n) is 4.29. The summed E-state index contributed by atoms with van der Waals surface area (Å²) in [5.41, 5.74) is 5.09. The Hall–Kier alpha value is -2.10. The summed E-state index contributed by atoms with van der Waals surface area (Å²) in [6, 6.07) is 25.7. The van der Waals surface area contributed by atoms with Gasteiger partial charge in [-0.3, -0.25) is 4.40 Å². The molecule has 0 saturated heterocycles. The molecule has 0 atom stereocenters. The number of nitrogens with zero attached hydrogens (tertiary/aromatic N) is 1. The molecule has 5 aromatic rings. The molecule has 0 aliphatic heterocycles. The Labute approximate surface area is 145 Å². The van der Waals surface area contributed by atoms with Crippen molar-refractivity contribution in [2.24, 2.45) is 0 Å². The van der Waals surface area contributed by atoms with Crippen molar-refractivity contribution < 1.29 is 0 Å². The van der Waals surface area contributed by atoms with E-state index < -0.39 is 0 Å². The van der Waals surface area contributed by atoms with Gasteiger partial charge in [-0.2, -0.15) is 0 Å². The van der Waals surface area contributed by atoms with Crippen LogP contribution in [0.1, 0.15) is 0 Å². The zero-order valence-corrected chi connectivity index (χ0v) is 14.6. The lowest BCUT2D eigenvalue weighted by Crippen LogP contribution is -1.82. The van der Waals surface area contributed by atoms with E-state index in [1.807, 2.05) is 11.3 Å². The smallest absolute Gasteiger partial charge is 0.116 e. The minimum atomic E-state index is 1.19. The molecule has 0 spiro atoms. The summed E-state index contributed by atoms with van der Waals surface area (Å²) in [5, 5.41) is 1.27. The number of para-hydroxylation sites is 1. The van der Waals surface area contributed by atoms with E-state index in [2.05, 4.69) is 93.1 Å². The van der Waals surface area contributed by atoms with E-state index in [0.29, 0.717) is 0 Å². The summed E-state index contributed by atoms with van der Waals surface area (Å²) >= 11 is 5.65. The van der Waals surface area contributed by atoms with E-state index in [-0.39, 0.29) is 0 Å². The third kappa shape index (κ3) is 1.84. The first kappa shape index (κ1) is 13.3. The summed E-state index contributed by atoms with van der Waals surface area (Å²) in [6.07, 6.45) is 0. The number of hydrogen-bond acceptors (Lipinski definition) is 1. The Morgan fingerprint density at radius 3 is 2.35 bits per heavy atom. The first-order chi connectivity index (χ1) is 11.3. The van der Waals surface area contributed by atoms with Crippen molar-refractivity contribution in [3.05, 3.63) is 77.3 Å². The van der Waals surface area contributed by atoms with Crippen molar-refractivity contribution >= 4 is 53.2 Å². The fraction of sp³-hybridized carbons (Fsp3) is 0. The number of rotatable bonds is 1. The van der Waals surface area contributed by atoms with E-state index in [1.165, 1.54) is 41.5 Å². The zero-order valence-electron chi connectivity index (χ0n) is 12.2. The molecule has 2 heterocycles. The topological polar surface area (TPSA) is 4.41 Å². The van der Waals surface area contributed by atoms with Crippen LogP contribution in [0.2, 0.25) is 0 Å². The van der Waals surface area contributed by atoms with E-state index in [4.69, 9.17) is 0 Å². The van der Waals surface area contributed by atoms with Gasteiger partial charge in [0, 0.05) is 10.9 Å². The maximum atomic E-state index is 3.80. The van der Waals surface area contributed by atoms with Crippen molar-refractivity contribution in [2.45, 2.75) is 0 Å². The van der Waals surface area contributed by atoms with Crippen LogP contribution in [0.5, 0.6) is 0 Å². The van der Waals surface area contributed by atoms with Crippen molar-refractivity contribution in [3.8, 4) is 11.1 Å². The highest BCUT2D eigenvalue weighted by atomic mass is 79.9. The number of benzene rings is 3. The van der Waals surface area contributed by atoms with Gasteiger partial charge in [0.1, 0.15) is 4.83 Å². The maximum Gasteiger partial charge on any atom is 0.116 e. The molecule has 0 amide bonds. The molecular formula is C20H12BrNS. The molecule has 3 aromatic carbocycles. The van der Waals surface area contributed by atoms with Crippen LogP contribution in [-0.4, -0.2) is 4.40 Å². The van der Waals surface area contributed by atoms with Gasteiger partial charge in [0.25, 0.3) is 0 Å². The van der Waals surface area contributed by atoms with Crippen molar-refractivity contribution in [1.82, 2.24) is 4.40 Å². The molecule has 0 aliphatic rings. The summed E-state index contributed by atoms with van der Waals surface area (Å²) in [5.74, 6) is 0. The molecule has 0 bridgehead atoms. The molecule has 0 unspecified atom stereocenters. The minimum Gasteiger partial charge on any atom is -0.299 e. The van der Waals surface area contributed by atoms with Crippen LogP contribution < -0.4 is 0 Å². The molecule has 0 saturated carbocycles. The number of thiazole rings is 1. The Morgan fingerprint density at radius 1 is 0.739 bits per heavy atom. The largest absolute Gasteiger partial charge is 0.299 e. The average Bonchev–Trinajstić information content (AvgIpc) is 3.12. The molecule has 1 nitrogen and oxygen atoms in total. The second-order valence-electron chi connectivity index (χ2n) is 5.59. The Morgan fingerprint density at radius 2 is 1.48 bits per heavy atom. The van der Waals surface area contributed by atoms with Crippen LogP contribution in [-0.2, 0) is 0 Å². The number of aromatic nitrogens is 1. The molecule has 0 aliphatic carbocycles. The molecule has 0 N–H and O–H groups in total. The van der Waals surface area contributed by atoms with E-state index in [1.54, 1.807) is 0 Å². The summed E-state index contributed by atoms with van der Waals surface area (Å²) in [4.78, 5) is 1.27. The first-order valence-electron chi connectivity index (χ1n) is 7.50. The van der Waals surface area contributed by atoms with Gasteiger partial charge in [0.15, 0.2) is 0 Å². The van der Waals surface area contributed by atoms with Crippen LogP contribution in [0.25, 0.3) is 37.1 Å². The standard InChI is InChI=1S/C20H12BrNS/c21-18-15-9-4-5-11-16(15)22-17-12-6-10-14(19(17)23-20(18)22)13-7-2-1-3-8-13/h1-12H. The highest BCUT2D eigenvalue weighted by molar-refractivity contribution is 9.11. The number of halogens is 1. The van der Waals surface area contributed by atoms with Crippen molar-refractivity contribution in [3.63, 3.8) is 0 Å². The molecule has 3 heteroatoms. The Kier molecular flexibility index (Phi) is 2.87. The lowest BCUT2D eigenvalue weighted by Gasteiger charge is -2.03. The van der Waals surface area contributed by atoms with Gasteiger partial charge in [-0.05, 0) is 33.6 Å². The van der Waals surface area contributed by atoms with Gasteiger partial charge in [-0.1, -0.05) is 60.7 Å². The van der Waals surface area contributed by atoms with E-state index in [9.17, 15) is 0 Å². The van der Waals surface area contributed by atoms with Gasteiger partial charge in [0.05, 0.1) is 20.2 Å². The first-order valence-corrected chi connectivity index (χ1v) is 9.11. The average molecular weight is 378 g/mol. The third-order valence-corrected chi connectivity index (χ3v) is 6.57. The van der Waals surface area contributed by atoms with E-state index in [0.717, 1.165) is 0 Å². The summed E-state index contributed by atoms with van der Waals surface area (Å²) in [6.45, 7) is 0. The molecule has 5 rings (SSSR count). The zero-order chi connectivity index (χ0) is 15.4. The fourth-order valence-corrected chi connectivity index (χ4v) is 5.25. The molecule has 110 valence electrons. The monoisotopic (exact) mass is 377 g/mol. The molecular weight excluding hydrogens is 366 g/mol. The highest BCUT2D eigenvalue weighted by Gasteiger charge is 2.16. The van der Waals surface area contributed by atoms with Crippen LogP contribution >= 0.6 is 27.3 Å². The van der Waals surface area contributed by atoms with Gasteiger partial charge in [-0.25, -0.2) is 0 Å².